The van der Waals surface area contributed by atoms with E-state index in [1.165, 1.54) is 0 Å². The van der Waals surface area contributed by atoms with Gasteiger partial charge in [0.2, 0.25) is 5.82 Å². The van der Waals surface area contributed by atoms with Gasteiger partial charge in [0.1, 0.15) is 5.75 Å². The molecule has 0 bridgehead atoms. The first kappa shape index (κ1) is 22.9. The topological polar surface area (TPSA) is 80.5 Å². The van der Waals surface area contributed by atoms with Crippen LogP contribution in [0.2, 0.25) is 5.02 Å². The number of carbonyl (C=O) groups excluding carboxylic acids is 1. The van der Waals surface area contributed by atoms with Crippen molar-refractivity contribution in [3.05, 3.63) is 70.7 Å². The predicted octanol–water partition coefficient (Wildman–Crippen LogP) is 6.09. The number of aromatic nitrogens is 2. The molecule has 33 heavy (non-hydrogen) atoms. The van der Waals surface area contributed by atoms with Crippen molar-refractivity contribution in [1.82, 2.24) is 20.4 Å². The zero-order valence-corrected chi connectivity index (χ0v) is 19.7. The molecule has 1 N–H and O–H groups in total. The second kappa shape index (κ2) is 10.1. The number of rotatable bonds is 8. The van der Waals surface area contributed by atoms with Crippen molar-refractivity contribution in [1.29, 1.82) is 0 Å². The first-order valence-electron chi connectivity index (χ1n) is 11.1. The molecular weight excluding hydrogens is 440 g/mol. The summed E-state index contributed by atoms with van der Waals surface area (Å²) in [5, 5.41) is 7.89. The van der Waals surface area contributed by atoms with Crippen LogP contribution < -0.4 is 10.1 Å². The van der Waals surface area contributed by atoms with Crippen LogP contribution in [0.15, 0.2) is 58.8 Å². The van der Waals surface area contributed by atoms with E-state index in [1.807, 2.05) is 50.2 Å². The minimum Gasteiger partial charge on any atom is -0.494 e. The number of carbonyl (C=O) groups is 1. The summed E-state index contributed by atoms with van der Waals surface area (Å²) in [7, 11) is 0. The number of hydrogen-bond donors (Lipinski definition) is 1. The molecule has 4 rings (SSSR count). The van der Waals surface area contributed by atoms with Crippen molar-refractivity contribution in [2.75, 3.05) is 13.2 Å². The Kier molecular flexibility index (Phi) is 6.99. The molecular formula is C25H27ClN4O3. The normalized spacial score (nSPS) is 16.2. The molecule has 1 aromatic heterocycles. The Bertz CT molecular complexity index is 1160. The molecule has 7 nitrogen and oxygen atoms in total. The van der Waals surface area contributed by atoms with Gasteiger partial charge in [-0.3, -0.25) is 4.90 Å². The van der Waals surface area contributed by atoms with Gasteiger partial charge in [0.25, 0.3) is 5.89 Å². The van der Waals surface area contributed by atoms with E-state index in [2.05, 4.69) is 22.4 Å². The average molecular weight is 467 g/mol. The Morgan fingerprint density at radius 1 is 1.18 bits per heavy atom. The van der Waals surface area contributed by atoms with Gasteiger partial charge < -0.3 is 14.6 Å². The summed E-state index contributed by atoms with van der Waals surface area (Å²) in [6, 6.07) is 14.4. The summed E-state index contributed by atoms with van der Waals surface area (Å²) in [4.78, 5) is 19.4. The highest BCUT2D eigenvalue weighted by Crippen LogP contribution is 2.38. The maximum atomic E-state index is 13.0. The molecule has 8 heteroatoms. The second-order valence-electron chi connectivity index (χ2n) is 7.82. The van der Waals surface area contributed by atoms with E-state index in [-0.39, 0.29) is 6.03 Å². The Hall–Kier alpha value is -3.32. The monoisotopic (exact) mass is 466 g/mol. The number of ether oxygens (including phenoxy) is 1. The largest absolute Gasteiger partial charge is 0.494 e. The van der Waals surface area contributed by atoms with Crippen LogP contribution in [0.3, 0.4) is 0 Å². The quantitative estimate of drug-likeness (QED) is 0.434. The predicted molar refractivity (Wildman–Crippen MR) is 128 cm³/mol. The van der Waals surface area contributed by atoms with Crippen LogP contribution in [0, 0.1) is 0 Å². The lowest BCUT2D eigenvalue weighted by atomic mass is 9.94. The number of halogens is 1. The molecule has 1 atom stereocenters. The molecule has 1 aliphatic heterocycles. The first-order valence-corrected chi connectivity index (χ1v) is 11.5. The fourth-order valence-corrected chi connectivity index (χ4v) is 4.09. The van der Waals surface area contributed by atoms with Crippen molar-refractivity contribution >= 4 is 23.2 Å². The molecule has 3 aromatic rings. The Balaban J connectivity index is 1.76. The van der Waals surface area contributed by atoms with Crippen LogP contribution in [0.4, 0.5) is 4.79 Å². The molecule has 0 spiro atoms. The van der Waals surface area contributed by atoms with E-state index in [1.54, 1.807) is 17.0 Å². The number of urea groups is 1. The molecule has 2 heterocycles. The number of benzene rings is 2. The van der Waals surface area contributed by atoms with Crippen molar-refractivity contribution in [2.24, 2.45) is 0 Å². The molecule has 0 saturated carbocycles. The molecule has 0 aliphatic carbocycles. The summed E-state index contributed by atoms with van der Waals surface area (Å²) in [6.07, 6.45) is 1.87. The molecule has 1 aliphatic rings. The van der Waals surface area contributed by atoms with E-state index >= 15 is 0 Å². The maximum Gasteiger partial charge on any atom is 0.322 e. The number of amides is 2. The van der Waals surface area contributed by atoms with E-state index in [0.29, 0.717) is 29.9 Å². The lowest BCUT2D eigenvalue weighted by Gasteiger charge is -2.35. The fourth-order valence-electron chi connectivity index (χ4n) is 3.89. The third kappa shape index (κ3) is 4.88. The standard InChI is InChI=1S/C25H27ClN4O3/c1-4-6-14-30-16(3)21(24-28-23(29-33-24)18-8-7-9-19(26)15-18)22(27-25(30)31)17-10-12-20(13-11-17)32-5-2/h7-13,15,22H,4-6,14H2,1-3H3,(H,27,31). The summed E-state index contributed by atoms with van der Waals surface area (Å²) >= 11 is 6.14. The smallest absolute Gasteiger partial charge is 0.322 e. The minimum atomic E-state index is -0.432. The summed E-state index contributed by atoms with van der Waals surface area (Å²) in [5.74, 6) is 1.58. The molecule has 0 saturated heterocycles. The van der Waals surface area contributed by atoms with Crippen molar-refractivity contribution < 1.29 is 14.1 Å². The van der Waals surface area contributed by atoms with Gasteiger partial charge in [-0.05, 0) is 50.1 Å². The summed E-state index contributed by atoms with van der Waals surface area (Å²) in [6.45, 7) is 7.17. The zero-order valence-electron chi connectivity index (χ0n) is 19.0. The van der Waals surface area contributed by atoms with Gasteiger partial charge in [-0.2, -0.15) is 4.98 Å². The van der Waals surface area contributed by atoms with Gasteiger partial charge in [0.05, 0.1) is 18.2 Å². The van der Waals surface area contributed by atoms with Crippen LogP contribution >= 0.6 is 11.6 Å². The van der Waals surface area contributed by atoms with E-state index in [4.69, 9.17) is 20.9 Å². The third-order valence-electron chi connectivity index (χ3n) is 5.60. The Morgan fingerprint density at radius 2 is 1.97 bits per heavy atom. The minimum absolute atomic E-state index is 0.141. The lowest BCUT2D eigenvalue weighted by molar-refractivity contribution is 0.204. The summed E-state index contributed by atoms with van der Waals surface area (Å²) < 4.78 is 11.3. The van der Waals surface area contributed by atoms with Crippen molar-refractivity contribution in [2.45, 2.75) is 39.7 Å². The van der Waals surface area contributed by atoms with Crippen LogP contribution in [0.1, 0.15) is 51.1 Å². The SMILES string of the molecule is CCCCN1C(=O)NC(c2ccc(OCC)cc2)C(c2nc(-c3cccc(Cl)c3)no2)=C1C. The lowest BCUT2D eigenvalue weighted by Crippen LogP contribution is -2.46. The number of allylic oxidation sites excluding steroid dienone is 1. The van der Waals surface area contributed by atoms with Crippen LogP contribution in [-0.2, 0) is 0 Å². The van der Waals surface area contributed by atoms with E-state index < -0.39 is 6.04 Å². The number of unbranched alkanes of at least 4 members (excludes halogenated alkanes) is 1. The highest BCUT2D eigenvalue weighted by Gasteiger charge is 2.35. The molecule has 0 radical (unpaired) electrons. The molecule has 172 valence electrons. The maximum absolute atomic E-state index is 13.0. The number of nitrogens with one attached hydrogen (secondary N) is 1. The van der Waals surface area contributed by atoms with Crippen LogP contribution in [0.5, 0.6) is 5.75 Å². The molecule has 1 unspecified atom stereocenters. The van der Waals surface area contributed by atoms with Crippen molar-refractivity contribution in [3.63, 3.8) is 0 Å². The van der Waals surface area contributed by atoms with Gasteiger partial charge in [0, 0.05) is 22.8 Å². The number of nitrogens with zero attached hydrogens (tertiary/aromatic N) is 3. The van der Waals surface area contributed by atoms with Gasteiger partial charge in [-0.15, -0.1) is 0 Å². The second-order valence-corrected chi connectivity index (χ2v) is 8.26. The van der Waals surface area contributed by atoms with Crippen LogP contribution in [-0.4, -0.2) is 34.2 Å². The first-order chi connectivity index (χ1) is 16.0. The Labute approximate surface area is 198 Å². The van der Waals surface area contributed by atoms with Crippen molar-refractivity contribution in [3.8, 4) is 17.1 Å². The van der Waals surface area contributed by atoms with Gasteiger partial charge >= 0.3 is 6.03 Å². The van der Waals surface area contributed by atoms with Gasteiger partial charge in [-0.25, -0.2) is 4.79 Å². The highest BCUT2D eigenvalue weighted by atomic mass is 35.5. The summed E-state index contributed by atoms with van der Waals surface area (Å²) in [5.41, 5.74) is 3.23. The average Bonchev–Trinajstić information content (AvgIpc) is 3.29. The third-order valence-corrected chi connectivity index (χ3v) is 5.83. The molecule has 2 aromatic carbocycles. The fraction of sp³-hybridized carbons (Fsp3) is 0.320. The number of hydrogen-bond acceptors (Lipinski definition) is 5. The Morgan fingerprint density at radius 3 is 2.67 bits per heavy atom. The van der Waals surface area contributed by atoms with Gasteiger partial charge in [-0.1, -0.05) is 54.4 Å². The zero-order chi connectivity index (χ0) is 23.4. The van der Waals surface area contributed by atoms with Crippen LogP contribution in [0.25, 0.3) is 17.0 Å². The molecule has 0 fully saturated rings. The molecule has 2 amide bonds. The van der Waals surface area contributed by atoms with Gasteiger partial charge in [0.15, 0.2) is 0 Å². The van der Waals surface area contributed by atoms with E-state index in [9.17, 15) is 4.79 Å². The highest BCUT2D eigenvalue weighted by molar-refractivity contribution is 6.30. The van der Waals surface area contributed by atoms with E-state index in [0.717, 1.165) is 41.0 Å².